The van der Waals surface area contributed by atoms with Gasteiger partial charge in [0.05, 0.1) is 11.9 Å². The summed E-state index contributed by atoms with van der Waals surface area (Å²) in [4.78, 5) is 27.8. The Morgan fingerprint density at radius 1 is 1.11 bits per heavy atom. The van der Waals surface area contributed by atoms with Gasteiger partial charge in [-0.25, -0.2) is 12.8 Å². The third-order valence-corrected chi connectivity index (χ3v) is 7.84. The Bertz CT molecular complexity index is 1150. The van der Waals surface area contributed by atoms with E-state index in [9.17, 15) is 22.4 Å². The number of carbonyl (C=O) groups excluding carboxylic acids is 2. The van der Waals surface area contributed by atoms with Crippen molar-refractivity contribution < 1.29 is 22.4 Å². The molecule has 10 heteroatoms. The fraction of sp³-hybridized carbons (Fsp3) is 0.462. The summed E-state index contributed by atoms with van der Waals surface area (Å²) < 4.78 is 39.9. The first-order valence-corrected chi connectivity index (χ1v) is 14.4. The smallest absolute Gasteiger partial charge is 0.242 e. The normalized spacial score (nSPS) is 14.9. The summed E-state index contributed by atoms with van der Waals surface area (Å²) in [7, 11) is -3.76. The second kappa shape index (κ2) is 12.5. The fourth-order valence-electron chi connectivity index (χ4n) is 4.40. The van der Waals surface area contributed by atoms with Crippen LogP contribution in [0, 0.1) is 5.82 Å². The molecule has 36 heavy (non-hydrogen) atoms. The van der Waals surface area contributed by atoms with Crippen molar-refractivity contribution in [2.24, 2.45) is 0 Å². The Balaban J connectivity index is 1.72. The Hall–Kier alpha value is -2.65. The maximum absolute atomic E-state index is 14.3. The number of sulfonamides is 1. The van der Waals surface area contributed by atoms with Gasteiger partial charge in [0.1, 0.15) is 11.9 Å². The van der Waals surface area contributed by atoms with Gasteiger partial charge in [-0.3, -0.25) is 13.9 Å². The summed E-state index contributed by atoms with van der Waals surface area (Å²) in [6.07, 6.45) is 5.17. The Labute approximate surface area is 217 Å². The van der Waals surface area contributed by atoms with Crippen LogP contribution < -0.4 is 9.62 Å². The van der Waals surface area contributed by atoms with Crippen LogP contribution in [0.3, 0.4) is 0 Å². The van der Waals surface area contributed by atoms with E-state index >= 15 is 0 Å². The zero-order valence-electron chi connectivity index (χ0n) is 20.6. The van der Waals surface area contributed by atoms with Gasteiger partial charge in [0.25, 0.3) is 0 Å². The van der Waals surface area contributed by atoms with Crippen LogP contribution in [0.25, 0.3) is 0 Å². The minimum Gasteiger partial charge on any atom is -0.352 e. The molecule has 2 amide bonds. The van der Waals surface area contributed by atoms with E-state index in [1.807, 2.05) is 0 Å². The average molecular weight is 538 g/mol. The quantitative estimate of drug-likeness (QED) is 0.457. The molecule has 196 valence electrons. The van der Waals surface area contributed by atoms with E-state index in [0.29, 0.717) is 5.02 Å². The molecule has 0 radical (unpaired) electrons. The lowest BCUT2D eigenvalue weighted by atomic mass is 10.1. The van der Waals surface area contributed by atoms with E-state index in [1.54, 1.807) is 37.3 Å². The molecule has 3 rings (SSSR count). The first-order valence-electron chi connectivity index (χ1n) is 12.1. The summed E-state index contributed by atoms with van der Waals surface area (Å²) in [6.45, 7) is 1.83. The van der Waals surface area contributed by atoms with E-state index in [-0.39, 0.29) is 49.5 Å². The minimum atomic E-state index is -3.76. The molecule has 0 aliphatic heterocycles. The zero-order valence-corrected chi connectivity index (χ0v) is 22.2. The first kappa shape index (κ1) is 27.9. The lowest BCUT2D eigenvalue weighted by Crippen LogP contribution is -2.49. The van der Waals surface area contributed by atoms with Gasteiger partial charge < -0.3 is 10.2 Å². The number of rotatable bonds is 11. The highest BCUT2D eigenvalue weighted by Crippen LogP contribution is 2.23. The van der Waals surface area contributed by atoms with Crippen molar-refractivity contribution >= 4 is 39.1 Å². The Morgan fingerprint density at radius 2 is 1.75 bits per heavy atom. The number of halogens is 2. The average Bonchev–Trinajstić information content (AvgIpc) is 3.34. The van der Waals surface area contributed by atoms with Crippen molar-refractivity contribution in [2.45, 2.75) is 64.1 Å². The molecule has 1 unspecified atom stereocenters. The molecule has 0 heterocycles. The Kier molecular flexibility index (Phi) is 9.73. The van der Waals surface area contributed by atoms with Gasteiger partial charge in [0.15, 0.2) is 0 Å². The molecule has 0 aromatic heterocycles. The molecular formula is C26H33ClFN3O4S. The third kappa shape index (κ3) is 7.67. The van der Waals surface area contributed by atoms with Gasteiger partial charge in [0.2, 0.25) is 21.8 Å². The van der Waals surface area contributed by atoms with Gasteiger partial charge in [-0.15, -0.1) is 0 Å². The predicted molar refractivity (Wildman–Crippen MR) is 140 cm³/mol. The van der Waals surface area contributed by atoms with E-state index in [0.717, 1.165) is 41.8 Å². The zero-order chi connectivity index (χ0) is 26.3. The standard InChI is InChI=1S/C26H33ClFN3O4S/c1-19(26(33)29-22-8-3-4-9-22)30(18-20-13-15-21(27)16-14-20)25(32)12-7-17-31(36(2,34)35)24-11-6-5-10-23(24)28/h5-6,10-11,13-16,19,22H,3-4,7-9,12,17-18H2,1-2H3,(H,29,33). The van der Waals surface area contributed by atoms with E-state index in [1.165, 1.54) is 23.1 Å². The van der Waals surface area contributed by atoms with Gasteiger partial charge >= 0.3 is 0 Å². The molecule has 0 bridgehead atoms. The summed E-state index contributed by atoms with van der Waals surface area (Å²) >= 11 is 5.99. The maximum atomic E-state index is 14.3. The molecule has 7 nitrogen and oxygen atoms in total. The molecule has 1 fully saturated rings. The monoisotopic (exact) mass is 537 g/mol. The van der Waals surface area contributed by atoms with Crippen molar-refractivity contribution in [3.05, 3.63) is 64.9 Å². The van der Waals surface area contributed by atoms with Crippen LogP contribution in [0.4, 0.5) is 10.1 Å². The minimum absolute atomic E-state index is 0.00485. The van der Waals surface area contributed by atoms with Crippen LogP contribution in [0.5, 0.6) is 0 Å². The van der Waals surface area contributed by atoms with E-state index < -0.39 is 21.9 Å². The molecule has 1 N–H and O–H groups in total. The van der Waals surface area contributed by atoms with Crippen LogP contribution in [0.15, 0.2) is 48.5 Å². The summed E-state index contributed by atoms with van der Waals surface area (Å²) in [5, 5.41) is 3.61. The fourth-order valence-corrected chi connectivity index (χ4v) is 5.49. The molecule has 1 atom stereocenters. The van der Waals surface area contributed by atoms with Gasteiger partial charge in [-0.1, -0.05) is 48.7 Å². The van der Waals surface area contributed by atoms with Gasteiger partial charge in [-0.2, -0.15) is 0 Å². The molecule has 1 aliphatic carbocycles. The van der Waals surface area contributed by atoms with Crippen molar-refractivity contribution in [1.29, 1.82) is 0 Å². The number of nitrogens with one attached hydrogen (secondary N) is 1. The molecule has 1 saturated carbocycles. The van der Waals surface area contributed by atoms with E-state index in [2.05, 4.69) is 5.32 Å². The lowest BCUT2D eigenvalue weighted by Gasteiger charge is -2.30. The van der Waals surface area contributed by atoms with E-state index in [4.69, 9.17) is 11.6 Å². The highest BCUT2D eigenvalue weighted by molar-refractivity contribution is 7.92. The number of hydrogen-bond donors (Lipinski definition) is 1. The highest BCUT2D eigenvalue weighted by atomic mass is 35.5. The molecule has 0 saturated heterocycles. The van der Waals surface area contributed by atoms with Crippen LogP contribution >= 0.6 is 11.6 Å². The number of carbonyl (C=O) groups is 2. The predicted octanol–water partition coefficient (Wildman–Crippen LogP) is 4.50. The second-order valence-electron chi connectivity index (χ2n) is 9.20. The molecule has 1 aliphatic rings. The molecule has 2 aromatic rings. The topological polar surface area (TPSA) is 86.8 Å². The maximum Gasteiger partial charge on any atom is 0.242 e. The van der Waals surface area contributed by atoms with Crippen LogP contribution in [0.2, 0.25) is 5.02 Å². The van der Waals surface area contributed by atoms with Crippen molar-refractivity contribution in [3.8, 4) is 0 Å². The molecule has 0 spiro atoms. The van der Waals surface area contributed by atoms with Crippen LogP contribution in [-0.4, -0.2) is 50.0 Å². The Morgan fingerprint density at radius 3 is 2.36 bits per heavy atom. The third-order valence-electron chi connectivity index (χ3n) is 6.41. The highest BCUT2D eigenvalue weighted by Gasteiger charge is 2.29. The number of amides is 2. The number of benzene rings is 2. The second-order valence-corrected chi connectivity index (χ2v) is 11.5. The van der Waals surface area contributed by atoms with Crippen molar-refractivity contribution in [3.63, 3.8) is 0 Å². The summed E-state index contributed by atoms with van der Waals surface area (Å²) in [5.74, 6) is -1.16. The largest absolute Gasteiger partial charge is 0.352 e. The van der Waals surface area contributed by atoms with Gasteiger partial charge in [0, 0.05) is 30.6 Å². The number of nitrogens with zero attached hydrogens (tertiary/aromatic N) is 2. The van der Waals surface area contributed by atoms with Crippen molar-refractivity contribution in [1.82, 2.24) is 10.2 Å². The lowest BCUT2D eigenvalue weighted by molar-refractivity contribution is -0.141. The van der Waals surface area contributed by atoms with Crippen molar-refractivity contribution in [2.75, 3.05) is 17.1 Å². The molecular weight excluding hydrogens is 505 g/mol. The van der Waals surface area contributed by atoms with Gasteiger partial charge in [-0.05, 0) is 56.0 Å². The SMILES string of the molecule is CC(C(=O)NC1CCCC1)N(Cc1ccc(Cl)cc1)C(=O)CCCN(c1ccccc1F)S(C)(=O)=O. The summed E-state index contributed by atoms with van der Waals surface area (Å²) in [6, 6.07) is 12.1. The summed E-state index contributed by atoms with van der Waals surface area (Å²) in [5.41, 5.74) is 0.757. The van der Waals surface area contributed by atoms with Crippen LogP contribution in [-0.2, 0) is 26.2 Å². The number of para-hydroxylation sites is 1. The number of hydrogen-bond acceptors (Lipinski definition) is 4. The molecule has 2 aromatic carbocycles. The first-order chi connectivity index (χ1) is 17.1. The van der Waals surface area contributed by atoms with Crippen LogP contribution in [0.1, 0.15) is 51.0 Å². The number of anilines is 1.